The number of benzene rings is 2. The molecule has 2 aromatic rings. The number of hydrogen-bond donors (Lipinski definition) is 1. The molecule has 118 valence electrons. The Morgan fingerprint density at radius 2 is 1.64 bits per heavy atom. The van der Waals surface area contributed by atoms with Crippen LogP contribution in [0.15, 0.2) is 42.5 Å². The van der Waals surface area contributed by atoms with E-state index in [1.165, 1.54) is 22.4 Å². The SMILES string of the molecule is Cc1ccc(C)c(NCC(C)Oc2ccc(C(C)C)cc2)c1. The Morgan fingerprint density at radius 1 is 0.955 bits per heavy atom. The summed E-state index contributed by atoms with van der Waals surface area (Å²) < 4.78 is 5.98. The lowest BCUT2D eigenvalue weighted by Crippen LogP contribution is -2.23. The molecule has 0 bridgehead atoms. The molecule has 0 saturated heterocycles. The standard InChI is InChI=1S/C20H27NO/c1-14(2)18-8-10-19(11-9-18)22-17(5)13-21-20-12-15(3)6-7-16(20)4/h6-12,14,17,21H,13H2,1-5H3. The van der Waals surface area contributed by atoms with Crippen molar-refractivity contribution in [2.24, 2.45) is 0 Å². The van der Waals surface area contributed by atoms with Crippen LogP contribution in [-0.2, 0) is 0 Å². The smallest absolute Gasteiger partial charge is 0.119 e. The fourth-order valence-electron chi connectivity index (χ4n) is 2.39. The maximum absolute atomic E-state index is 5.98. The normalized spacial score (nSPS) is 12.3. The molecule has 0 saturated carbocycles. The summed E-state index contributed by atoms with van der Waals surface area (Å²) in [7, 11) is 0. The Labute approximate surface area is 134 Å². The van der Waals surface area contributed by atoms with E-state index in [9.17, 15) is 0 Å². The zero-order valence-electron chi connectivity index (χ0n) is 14.3. The average Bonchev–Trinajstić information content (AvgIpc) is 2.49. The predicted octanol–water partition coefficient (Wildman–Crippen LogP) is 5.31. The van der Waals surface area contributed by atoms with Crippen molar-refractivity contribution in [1.29, 1.82) is 0 Å². The molecule has 2 nitrogen and oxygen atoms in total. The third-order valence-corrected chi connectivity index (χ3v) is 3.86. The average molecular weight is 297 g/mol. The van der Waals surface area contributed by atoms with Gasteiger partial charge in [0.05, 0.1) is 6.54 Å². The number of anilines is 1. The van der Waals surface area contributed by atoms with Gasteiger partial charge < -0.3 is 10.1 Å². The third-order valence-electron chi connectivity index (χ3n) is 3.86. The van der Waals surface area contributed by atoms with Crippen molar-refractivity contribution < 1.29 is 4.74 Å². The number of aryl methyl sites for hydroxylation is 2. The molecule has 1 atom stereocenters. The van der Waals surface area contributed by atoms with Crippen molar-refractivity contribution in [3.8, 4) is 5.75 Å². The number of rotatable bonds is 6. The van der Waals surface area contributed by atoms with E-state index >= 15 is 0 Å². The second kappa shape index (κ2) is 7.35. The maximum Gasteiger partial charge on any atom is 0.119 e. The number of nitrogens with one attached hydrogen (secondary N) is 1. The van der Waals surface area contributed by atoms with Crippen molar-refractivity contribution in [2.45, 2.75) is 46.6 Å². The second-order valence-corrected chi connectivity index (χ2v) is 6.35. The Balaban J connectivity index is 1.90. The first-order valence-electron chi connectivity index (χ1n) is 8.03. The number of hydrogen-bond acceptors (Lipinski definition) is 2. The minimum Gasteiger partial charge on any atom is -0.489 e. The van der Waals surface area contributed by atoms with Gasteiger partial charge in [-0.05, 0) is 61.6 Å². The van der Waals surface area contributed by atoms with Crippen molar-refractivity contribution >= 4 is 5.69 Å². The van der Waals surface area contributed by atoms with Gasteiger partial charge in [-0.25, -0.2) is 0 Å². The molecular formula is C20H27NO. The van der Waals surface area contributed by atoms with Crippen molar-refractivity contribution in [3.63, 3.8) is 0 Å². The van der Waals surface area contributed by atoms with E-state index in [0.29, 0.717) is 5.92 Å². The molecule has 2 heteroatoms. The Morgan fingerprint density at radius 3 is 2.27 bits per heavy atom. The van der Waals surface area contributed by atoms with Crippen LogP contribution >= 0.6 is 0 Å². The molecule has 0 aliphatic heterocycles. The molecule has 0 aliphatic rings. The van der Waals surface area contributed by atoms with Gasteiger partial charge in [-0.2, -0.15) is 0 Å². The van der Waals surface area contributed by atoms with Crippen LogP contribution in [0.1, 0.15) is 43.4 Å². The van der Waals surface area contributed by atoms with E-state index in [1.54, 1.807) is 0 Å². The van der Waals surface area contributed by atoms with E-state index < -0.39 is 0 Å². The zero-order valence-corrected chi connectivity index (χ0v) is 14.3. The molecule has 2 aromatic carbocycles. The van der Waals surface area contributed by atoms with Crippen LogP contribution in [0.25, 0.3) is 0 Å². The van der Waals surface area contributed by atoms with Crippen LogP contribution in [-0.4, -0.2) is 12.6 Å². The Kier molecular flexibility index (Phi) is 5.48. The third kappa shape index (κ3) is 4.52. The van der Waals surface area contributed by atoms with Crippen LogP contribution < -0.4 is 10.1 Å². The van der Waals surface area contributed by atoms with Crippen LogP contribution in [0.5, 0.6) is 5.75 Å². The first-order valence-corrected chi connectivity index (χ1v) is 8.03. The van der Waals surface area contributed by atoms with Gasteiger partial charge >= 0.3 is 0 Å². The van der Waals surface area contributed by atoms with E-state index in [1.807, 2.05) is 0 Å². The Hall–Kier alpha value is -1.96. The summed E-state index contributed by atoms with van der Waals surface area (Å²) in [4.78, 5) is 0. The molecule has 0 aliphatic carbocycles. The van der Waals surface area contributed by atoms with Gasteiger partial charge in [0.2, 0.25) is 0 Å². The lowest BCUT2D eigenvalue weighted by atomic mass is 10.0. The highest BCUT2D eigenvalue weighted by Crippen LogP contribution is 2.20. The first kappa shape index (κ1) is 16.4. The molecule has 0 aromatic heterocycles. The molecular weight excluding hydrogens is 270 g/mol. The van der Waals surface area contributed by atoms with E-state index in [0.717, 1.165) is 12.3 Å². The highest BCUT2D eigenvalue weighted by molar-refractivity contribution is 5.52. The van der Waals surface area contributed by atoms with Gasteiger partial charge in [0.25, 0.3) is 0 Å². The van der Waals surface area contributed by atoms with Crippen LogP contribution in [0, 0.1) is 13.8 Å². The Bertz CT molecular complexity index is 602. The molecule has 22 heavy (non-hydrogen) atoms. The molecule has 2 rings (SSSR count). The molecule has 0 fully saturated rings. The van der Waals surface area contributed by atoms with Crippen molar-refractivity contribution in [2.75, 3.05) is 11.9 Å². The molecule has 0 amide bonds. The van der Waals surface area contributed by atoms with Gasteiger partial charge in [-0.3, -0.25) is 0 Å². The van der Waals surface area contributed by atoms with E-state index in [2.05, 4.69) is 82.4 Å². The summed E-state index contributed by atoms with van der Waals surface area (Å²) in [6, 6.07) is 14.9. The van der Waals surface area contributed by atoms with E-state index in [-0.39, 0.29) is 6.10 Å². The predicted molar refractivity (Wildman–Crippen MR) is 95.0 cm³/mol. The van der Waals surface area contributed by atoms with Gasteiger partial charge in [-0.1, -0.05) is 38.1 Å². The summed E-state index contributed by atoms with van der Waals surface area (Å²) in [5.41, 5.74) is 5.06. The molecule has 0 spiro atoms. The molecule has 1 unspecified atom stereocenters. The molecule has 0 radical (unpaired) electrons. The van der Waals surface area contributed by atoms with Crippen LogP contribution in [0.3, 0.4) is 0 Å². The highest BCUT2D eigenvalue weighted by atomic mass is 16.5. The number of ether oxygens (including phenoxy) is 1. The van der Waals surface area contributed by atoms with Gasteiger partial charge in [0, 0.05) is 5.69 Å². The largest absolute Gasteiger partial charge is 0.489 e. The van der Waals surface area contributed by atoms with Gasteiger partial charge in [0.1, 0.15) is 11.9 Å². The van der Waals surface area contributed by atoms with E-state index in [4.69, 9.17) is 4.74 Å². The topological polar surface area (TPSA) is 21.3 Å². The molecule has 1 N–H and O–H groups in total. The van der Waals surface area contributed by atoms with Crippen LogP contribution in [0.4, 0.5) is 5.69 Å². The lowest BCUT2D eigenvalue weighted by Gasteiger charge is -2.18. The minimum atomic E-state index is 0.116. The lowest BCUT2D eigenvalue weighted by molar-refractivity contribution is 0.234. The second-order valence-electron chi connectivity index (χ2n) is 6.35. The summed E-state index contributed by atoms with van der Waals surface area (Å²) >= 11 is 0. The summed E-state index contributed by atoms with van der Waals surface area (Å²) in [5.74, 6) is 1.48. The summed E-state index contributed by atoms with van der Waals surface area (Å²) in [6.45, 7) is 11.5. The highest BCUT2D eigenvalue weighted by Gasteiger charge is 2.06. The minimum absolute atomic E-state index is 0.116. The quantitative estimate of drug-likeness (QED) is 0.780. The maximum atomic E-state index is 5.98. The van der Waals surface area contributed by atoms with Crippen molar-refractivity contribution in [3.05, 3.63) is 59.2 Å². The first-order chi connectivity index (χ1) is 10.5. The zero-order chi connectivity index (χ0) is 16.1. The van der Waals surface area contributed by atoms with Crippen LogP contribution in [0.2, 0.25) is 0 Å². The summed E-state index contributed by atoms with van der Waals surface area (Å²) in [5, 5.41) is 3.48. The fraction of sp³-hybridized carbons (Fsp3) is 0.400. The van der Waals surface area contributed by atoms with Gasteiger partial charge in [-0.15, -0.1) is 0 Å². The fourth-order valence-corrected chi connectivity index (χ4v) is 2.39. The van der Waals surface area contributed by atoms with Crippen molar-refractivity contribution in [1.82, 2.24) is 0 Å². The monoisotopic (exact) mass is 297 g/mol. The molecule has 0 heterocycles. The van der Waals surface area contributed by atoms with Gasteiger partial charge in [0.15, 0.2) is 0 Å². The summed E-state index contributed by atoms with van der Waals surface area (Å²) in [6.07, 6.45) is 0.116.